The SMILES string of the molecule is C/C(=C\c1ccccc1)c1ccc2c(c1)C(C)(C)CCC2(C)C.CS(C)(=O)=O. The van der Waals surface area contributed by atoms with Gasteiger partial charge in [0.15, 0.2) is 0 Å². The van der Waals surface area contributed by atoms with Crippen LogP contribution in [-0.4, -0.2) is 20.9 Å². The molecule has 0 heterocycles. The zero-order chi connectivity index (χ0) is 21.2. The fourth-order valence-electron chi connectivity index (χ4n) is 3.72. The van der Waals surface area contributed by atoms with Gasteiger partial charge in [0.1, 0.15) is 9.84 Å². The summed E-state index contributed by atoms with van der Waals surface area (Å²) in [6, 6.07) is 17.7. The molecule has 0 aliphatic heterocycles. The molecule has 3 heteroatoms. The van der Waals surface area contributed by atoms with Gasteiger partial charge in [-0.2, -0.15) is 0 Å². The minimum atomic E-state index is -2.67. The predicted octanol–water partition coefficient (Wildman–Crippen LogP) is 6.26. The van der Waals surface area contributed by atoms with Crippen molar-refractivity contribution in [1.29, 1.82) is 0 Å². The van der Waals surface area contributed by atoms with Gasteiger partial charge < -0.3 is 0 Å². The summed E-state index contributed by atoms with van der Waals surface area (Å²) < 4.78 is 19.3. The first-order valence-electron chi connectivity index (χ1n) is 9.83. The van der Waals surface area contributed by atoms with Crippen LogP contribution in [0.4, 0.5) is 0 Å². The number of hydrogen-bond donors (Lipinski definition) is 0. The zero-order valence-electron chi connectivity index (χ0n) is 18.3. The molecule has 0 bridgehead atoms. The molecular formula is C25H34O2S. The minimum Gasteiger partial charge on any atom is -0.229 e. The quantitative estimate of drug-likeness (QED) is 0.560. The topological polar surface area (TPSA) is 34.1 Å². The van der Waals surface area contributed by atoms with E-state index in [2.05, 4.69) is 89.2 Å². The van der Waals surface area contributed by atoms with Gasteiger partial charge in [-0.15, -0.1) is 0 Å². The summed E-state index contributed by atoms with van der Waals surface area (Å²) in [6.45, 7) is 11.8. The van der Waals surface area contributed by atoms with Gasteiger partial charge in [0.05, 0.1) is 0 Å². The van der Waals surface area contributed by atoms with Gasteiger partial charge in [0.2, 0.25) is 0 Å². The number of allylic oxidation sites excluding steroid dienone is 1. The van der Waals surface area contributed by atoms with Crippen molar-refractivity contribution in [2.24, 2.45) is 0 Å². The van der Waals surface area contributed by atoms with Crippen molar-refractivity contribution in [2.45, 2.75) is 58.3 Å². The van der Waals surface area contributed by atoms with E-state index in [0.29, 0.717) is 5.41 Å². The molecule has 152 valence electrons. The Labute approximate surface area is 171 Å². The maximum absolute atomic E-state index is 9.63. The molecule has 2 aromatic rings. The second-order valence-corrected chi connectivity index (χ2v) is 11.7. The van der Waals surface area contributed by atoms with Crippen molar-refractivity contribution in [3.05, 3.63) is 70.8 Å². The van der Waals surface area contributed by atoms with Crippen LogP contribution >= 0.6 is 0 Å². The van der Waals surface area contributed by atoms with Crippen LogP contribution in [0.15, 0.2) is 48.5 Å². The predicted molar refractivity (Wildman–Crippen MR) is 122 cm³/mol. The lowest BCUT2D eigenvalue weighted by molar-refractivity contribution is 0.332. The molecule has 0 radical (unpaired) electrons. The molecule has 0 unspecified atom stereocenters. The van der Waals surface area contributed by atoms with E-state index in [0.717, 1.165) is 12.5 Å². The largest absolute Gasteiger partial charge is 0.229 e. The lowest BCUT2D eigenvalue weighted by Gasteiger charge is -2.42. The molecule has 0 spiro atoms. The van der Waals surface area contributed by atoms with E-state index in [1.807, 2.05) is 0 Å². The normalized spacial score (nSPS) is 17.9. The summed E-state index contributed by atoms with van der Waals surface area (Å²) in [6.07, 6.45) is 7.13. The number of sulfone groups is 1. The Kier molecular flexibility index (Phi) is 6.60. The first-order valence-corrected chi connectivity index (χ1v) is 12.1. The Morgan fingerprint density at radius 1 is 0.857 bits per heavy atom. The van der Waals surface area contributed by atoms with E-state index in [4.69, 9.17) is 0 Å². The van der Waals surface area contributed by atoms with E-state index in [1.54, 1.807) is 0 Å². The van der Waals surface area contributed by atoms with Crippen LogP contribution < -0.4 is 0 Å². The highest BCUT2D eigenvalue weighted by Crippen LogP contribution is 2.46. The minimum absolute atomic E-state index is 0.272. The van der Waals surface area contributed by atoms with E-state index in [9.17, 15) is 8.42 Å². The number of rotatable bonds is 2. The maximum atomic E-state index is 9.63. The Balaban J connectivity index is 0.000000500. The summed E-state index contributed by atoms with van der Waals surface area (Å²) in [7, 11) is -2.67. The third-order valence-electron chi connectivity index (χ3n) is 5.49. The van der Waals surface area contributed by atoms with Crippen molar-refractivity contribution < 1.29 is 8.42 Å². The van der Waals surface area contributed by atoms with Crippen LogP contribution in [0.3, 0.4) is 0 Å². The van der Waals surface area contributed by atoms with Gasteiger partial charge in [0, 0.05) is 12.5 Å². The van der Waals surface area contributed by atoms with Crippen LogP contribution in [0, 0.1) is 0 Å². The lowest BCUT2D eigenvalue weighted by Crippen LogP contribution is -2.33. The van der Waals surface area contributed by atoms with Crippen LogP contribution in [0.25, 0.3) is 11.6 Å². The van der Waals surface area contributed by atoms with Crippen molar-refractivity contribution in [2.75, 3.05) is 12.5 Å². The summed E-state index contributed by atoms with van der Waals surface area (Å²) >= 11 is 0. The molecule has 0 aromatic heterocycles. The van der Waals surface area contributed by atoms with Crippen LogP contribution in [-0.2, 0) is 20.7 Å². The third-order valence-corrected chi connectivity index (χ3v) is 5.49. The van der Waals surface area contributed by atoms with Crippen LogP contribution in [0.2, 0.25) is 0 Å². The molecule has 28 heavy (non-hydrogen) atoms. The first kappa shape index (κ1) is 22.4. The Bertz CT molecular complexity index is 941. The fourth-order valence-corrected chi connectivity index (χ4v) is 3.72. The van der Waals surface area contributed by atoms with Gasteiger partial charge in [-0.05, 0) is 58.4 Å². The van der Waals surface area contributed by atoms with Crippen LogP contribution in [0.1, 0.15) is 69.7 Å². The van der Waals surface area contributed by atoms with Crippen molar-refractivity contribution >= 4 is 21.5 Å². The molecule has 2 aromatic carbocycles. The molecule has 0 atom stereocenters. The van der Waals surface area contributed by atoms with E-state index >= 15 is 0 Å². The highest BCUT2D eigenvalue weighted by Gasteiger charge is 2.36. The standard InChI is InChI=1S/C23H28.C2H6O2S/c1-17(15-18-9-7-6-8-10-18)19-11-12-20-21(16-19)23(4,5)14-13-22(20,2)3;1-5(2,3)4/h6-12,15-16H,13-14H2,1-5H3;1-2H3/b17-15+;. The van der Waals surface area contributed by atoms with E-state index < -0.39 is 9.84 Å². The molecule has 0 amide bonds. The molecule has 0 fully saturated rings. The molecule has 0 saturated carbocycles. The van der Waals surface area contributed by atoms with Crippen LogP contribution in [0.5, 0.6) is 0 Å². The summed E-state index contributed by atoms with van der Waals surface area (Å²) in [5.41, 5.74) is 7.57. The molecule has 2 nitrogen and oxygen atoms in total. The van der Waals surface area contributed by atoms with Gasteiger partial charge in [-0.3, -0.25) is 0 Å². The molecule has 1 aliphatic carbocycles. The monoisotopic (exact) mass is 398 g/mol. The number of fused-ring (bicyclic) bond motifs is 1. The molecular weight excluding hydrogens is 364 g/mol. The molecule has 0 N–H and O–H groups in total. The number of benzene rings is 2. The molecule has 1 aliphatic rings. The van der Waals surface area contributed by atoms with Gasteiger partial charge in [-0.1, -0.05) is 82.3 Å². The summed E-state index contributed by atoms with van der Waals surface area (Å²) in [5, 5.41) is 0. The fraction of sp³-hybridized carbons (Fsp3) is 0.440. The van der Waals surface area contributed by atoms with Crippen molar-refractivity contribution in [3.8, 4) is 0 Å². The Hall–Kier alpha value is -1.87. The average molecular weight is 399 g/mol. The number of hydrogen-bond acceptors (Lipinski definition) is 2. The first-order chi connectivity index (χ1) is 12.8. The molecule has 3 rings (SSSR count). The third kappa shape index (κ3) is 6.07. The highest BCUT2D eigenvalue weighted by atomic mass is 32.2. The lowest BCUT2D eigenvalue weighted by atomic mass is 9.63. The Morgan fingerprint density at radius 2 is 1.36 bits per heavy atom. The van der Waals surface area contributed by atoms with Crippen molar-refractivity contribution in [3.63, 3.8) is 0 Å². The maximum Gasteiger partial charge on any atom is 0.144 e. The van der Waals surface area contributed by atoms with Gasteiger partial charge in [0.25, 0.3) is 0 Å². The van der Waals surface area contributed by atoms with Gasteiger partial charge in [-0.25, -0.2) is 8.42 Å². The highest BCUT2D eigenvalue weighted by molar-refractivity contribution is 7.89. The smallest absolute Gasteiger partial charge is 0.144 e. The second-order valence-electron chi connectivity index (χ2n) is 9.41. The second kappa shape index (κ2) is 8.24. The summed E-state index contributed by atoms with van der Waals surface area (Å²) in [5.74, 6) is 0. The van der Waals surface area contributed by atoms with Crippen molar-refractivity contribution in [1.82, 2.24) is 0 Å². The summed E-state index contributed by atoms with van der Waals surface area (Å²) in [4.78, 5) is 0. The van der Waals surface area contributed by atoms with E-state index in [-0.39, 0.29) is 5.41 Å². The van der Waals surface area contributed by atoms with Gasteiger partial charge >= 0.3 is 0 Å². The zero-order valence-corrected chi connectivity index (χ0v) is 19.2. The average Bonchev–Trinajstić information content (AvgIpc) is 2.58. The van der Waals surface area contributed by atoms with E-state index in [1.165, 1.54) is 40.7 Å². The molecule has 0 saturated heterocycles. The Morgan fingerprint density at radius 3 is 1.89 bits per heavy atom.